The maximum Gasteiger partial charge on any atom is 0.322 e. The average molecular weight is 680 g/mol. The molecular weight excluding hydrogens is 634 g/mol. The number of piperidine rings is 2. The third kappa shape index (κ3) is 8.04. The quantitative estimate of drug-likeness (QED) is 0.390. The average Bonchev–Trinajstić information content (AvgIpc) is 3.09. The van der Waals surface area contributed by atoms with Crippen molar-refractivity contribution in [1.82, 2.24) is 29.8 Å². The van der Waals surface area contributed by atoms with Crippen molar-refractivity contribution in [3.8, 4) is 0 Å². The van der Waals surface area contributed by atoms with Crippen LogP contribution in [0.2, 0.25) is 5.02 Å². The Balaban J connectivity index is 1.05. The van der Waals surface area contributed by atoms with Crippen molar-refractivity contribution in [1.29, 1.82) is 0 Å². The number of halogens is 1. The number of urea groups is 2. The van der Waals surface area contributed by atoms with Crippen LogP contribution >= 0.6 is 11.6 Å². The maximum atomic E-state index is 14.0. The van der Waals surface area contributed by atoms with Crippen molar-refractivity contribution in [2.45, 2.75) is 63.7 Å². The molecule has 2 aromatic rings. The van der Waals surface area contributed by atoms with Crippen LogP contribution in [0, 0.1) is 6.92 Å². The summed E-state index contributed by atoms with van der Waals surface area (Å²) in [4.78, 5) is 61.5. The Morgan fingerprint density at radius 1 is 0.917 bits per heavy atom. The lowest BCUT2D eigenvalue weighted by Gasteiger charge is -2.43. The molecule has 4 aliphatic rings. The van der Waals surface area contributed by atoms with E-state index >= 15 is 0 Å². The molecule has 3 saturated heterocycles. The van der Waals surface area contributed by atoms with Gasteiger partial charge in [0.2, 0.25) is 5.91 Å². The minimum Gasteiger partial charge on any atom is -0.480 e. The number of para-hydroxylation sites is 1. The van der Waals surface area contributed by atoms with E-state index in [1.807, 2.05) is 64.1 Å². The van der Waals surface area contributed by atoms with Crippen LogP contribution in [-0.2, 0) is 22.6 Å². The normalized spacial score (nSPS) is 20.6. The molecule has 4 aliphatic heterocycles. The second kappa shape index (κ2) is 15.1. The highest BCUT2D eigenvalue weighted by Gasteiger charge is 2.36. The first kappa shape index (κ1) is 34.0. The molecule has 0 spiro atoms. The minimum atomic E-state index is -0.799. The van der Waals surface area contributed by atoms with E-state index in [1.165, 1.54) is 0 Å². The summed E-state index contributed by atoms with van der Waals surface area (Å²) < 4.78 is 0. The molecule has 2 aromatic carbocycles. The van der Waals surface area contributed by atoms with E-state index < -0.39 is 12.0 Å². The van der Waals surface area contributed by atoms with Crippen molar-refractivity contribution in [3.05, 3.63) is 64.2 Å². The first-order valence-electron chi connectivity index (χ1n) is 17.1. The van der Waals surface area contributed by atoms with E-state index in [2.05, 4.69) is 15.5 Å². The zero-order chi connectivity index (χ0) is 33.8. The number of carboxylic acid groups (broad SMARTS) is 1. The highest BCUT2D eigenvalue weighted by atomic mass is 35.5. The van der Waals surface area contributed by atoms with Gasteiger partial charge in [-0.25, -0.2) is 9.59 Å². The summed E-state index contributed by atoms with van der Waals surface area (Å²) in [6, 6.07) is 12.8. The lowest BCUT2D eigenvalue weighted by atomic mass is 9.99. The lowest BCUT2D eigenvalue weighted by Crippen LogP contribution is -2.58. The largest absolute Gasteiger partial charge is 0.480 e. The number of fused-ring (bicyclic) bond motifs is 1. The number of piperazine rings is 1. The highest BCUT2D eigenvalue weighted by Crippen LogP contribution is 2.28. The maximum absolute atomic E-state index is 14.0. The molecule has 0 saturated carbocycles. The molecular formula is C35H46ClN7O5. The molecule has 13 heteroatoms. The van der Waals surface area contributed by atoms with E-state index in [-0.39, 0.29) is 30.6 Å². The van der Waals surface area contributed by atoms with Crippen molar-refractivity contribution in [2.75, 3.05) is 64.2 Å². The summed E-state index contributed by atoms with van der Waals surface area (Å²) in [5.41, 5.74) is 3.76. The molecule has 3 N–H and O–H groups in total. The number of aliphatic carboxylic acids is 1. The van der Waals surface area contributed by atoms with Crippen LogP contribution in [0.15, 0.2) is 42.5 Å². The van der Waals surface area contributed by atoms with E-state index in [0.717, 1.165) is 61.4 Å². The van der Waals surface area contributed by atoms with Gasteiger partial charge < -0.3 is 30.4 Å². The van der Waals surface area contributed by atoms with Gasteiger partial charge in [0, 0.05) is 88.1 Å². The first-order chi connectivity index (χ1) is 23.1. The number of nitrogens with zero attached hydrogens (tertiary/aromatic N) is 5. The minimum absolute atomic E-state index is 0.0241. The molecule has 5 amide bonds. The van der Waals surface area contributed by atoms with Gasteiger partial charge in [0.25, 0.3) is 0 Å². The van der Waals surface area contributed by atoms with E-state index in [1.54, 1.807) is 4.90 Å². The van der Waals surface area contributed by atoms with Crippen LogP contribution in [0.3, 0.4) is 0 Å². The summed E-state index contributed by atoms with van der Waals surface area (Å²) >= 11 is 6.43. The van der Waals surface area contributed by atoms with Gasteiger partial charge in [-0.05, 0) is 61.4 Å². The van der Waals surface area contributed by atoms with Crippen molar-refractivity contribution < 1.29 is 24.3 Å². The third-order valence-corrected chi connectivity index (χ3v) is 10.8. The van der Waals surface area contributed by atoms with Crippen molar-refractivity contribution >= 4 is 41.2 Å². The SMILES string of the molecule is Cc1ccc(CC(NC(=O)N2CCC(N3Cc4ccccc4NC3=O)CC2)C(=O)N2CCC(N3CCN(CC(=O)O)CC3)CC2)cc1Cl. The monoisotopic (exact) mass is 679 g/mol. The van der Waals surface area contributed by atoms with Crippen LogP contribution < -0.4 is 10.6 Å². The molecule has 12 nitrogen and oxygen atoms in total. The first-order valence-corrected chi connectivity index (χ1v) is 17.5. The van der Waals surface area contributed by atoms with Gasteiger partial charge in [-0.2, -0.15) is 0 Å². The van der Waals surface area contributed by atoms with Crippen LogP contribution in [0.4, 0.5) is 15.3 Å². The Hall–Kier alpha value is -3.87. The fourth-order valence-corrected chi connectivity index (χ4v) is 7.69. The Morgan fingerprint density at radius 2 is 1.58 bits per heavy atom. The standard InChI is InChI=1S/C35H46ClN7O5/c1-24-6-7-25(20-29(24)36)21-31(33(46)41-12-8-27(9-13-41)40-18-16-39(17-19-40)23-32(44)45)38-34(47)42-14-10-28(11-15-42)43-22-26-4-2-3-5-30(26)37-35(43)48/h2-7,20,27-28,31H,8-19,21-23H2,1H3,(H,37,48)(H,38,47)(H,44,45). The molecule has 0 bridgehead atoms. The Kier molecular flexibility index (Phi) is 10.7. The van der Waals surface area contributed by atoms with Gasteiger partial charge in [0.05, 0.1) is 6.54 Å². The molecule has 3 fully saturated rings. The van der Waals surface area contributed by atoms with Crippen LogP contribution in [0.1, 0.15) is 42.4 Å². The van der Waals surface area contributed by atoms with Gasteiger partial charge in [0.1, 0.15) is 6.04 Å². The van der Waals surface area contributed by atoms with Crippen LogP contribution in [-0.4, -0.2) is 131 Å². The smallest absolute Gasteiger partial charge is 0.322 e. The Morgan fingerprint density at radius 3 is 2.27 bits per heavy atom. The number of nitrogens with one attached hydrogen (secondary N) is 2. The second-order valence-corrected chi connectivity index (χ2v) is 13.9. The number of benzene rings is 2. The number of amides is 5. The van der Waals surface area contributed by atoms with Gasteiger partial charge in [-0.3, -0.25) is 19.4 Å². The van der Waals surface area contributed by atoms with Crippen LogP contribution in [0.5, 0.6) is 0 Å². The zero-order valence-electron chi connectivity index (χ0n) is 27.6. The fourth-order valence-electron chi connectivity index (χ4n) is 7.49. The lowest BCUT2D eigenvalue weighted by molar-refractivity contribution is -0.138. The topological polar surface area (TPSA) is 129 Å². The zero-order valence-corrected chi connectivity index (χ0v) is 28.3. The van der Waals surface area contributed by atoms with Crippen molar-refractivity contribution in [2.24, 2.45) is 0 Å². The number of rotatable bonds is 8. The summed E-state index contributed by atoms with van der Waals surface area (Å²) in [6.07, 6.45) is 3.33. The van der Waals surface area contributed by atoms with Gasteiger partial charge in [-0.1, -0.05) is 41.9 Å². The molecule has 1 unspecified atom stereocenters. The van der Waals surface area contributed by atoms with E-state index in [0.29, 0.717) is 63.1 Å². The third-order valence-electron chi connectivity index (χ3n) is 10.4. The molecule has 0 aliphatic carbocycles. The van der Waals surface area contributed by atoms with E-state index in [4.69, 9.17) is 16.7 Å². The number of hydrogen-bond acceptors (Lipinski definition) is 6. The number of anilines is 1. The summed E-state index contributed by atoms with van der Waals surface area (Å²) in [6.45, 7) is 7.85. The molecule has 4 heterocycles. The molecule has 48 heavy (non-hydrogen) atoms. The van der Waals surface area contributed by atoms with Gasteiger partial charge >= 0.3 is 18.0 Å². The number of carbonyl (C=O) groups excluding carboxylic acids is 3. The Labute approximate surface area is 287 Å². The number of likely N-dealkylation sites (tertiary alicyclic amines) is 2. The molecule has 0 aromatic heterocycles. The number of aryl methyl sites for hydroxylation is 1. The summed E-state index contributed by atoms with van der Waals surface area (Å²) in [5, 5.41) is 15.8. The highest BCUT2D eigenvalue weighted by molar-refractivity contribution is 6.31. The fraction of sp³-hybridized carbons (Fsp3) is 0.543. The number of carboxylic acids is 1. The summed E-state index contributed by atoms with van der Waals surface area (Å²) in [7, 11) is 0. The van der Waals surface area contributed by atoms with Gasteiger partial charge in [0.15, 0.2) is 0 Å². The number of hydrogen-bond donors (Lipinski definition) is 3. The molecule has 0 radical (unpaired) electrons. The molecule has 1 atom stereocenters. The van der Waals surface area contributed by atoms with Crippen LogP contribution in [0.25, 0.3) is 0 Å². The van der Waals surface area contributed by atoms with Crippen molar-refractivity contribution in [3.63, 3.8) is 0 Å². The number of carbonyl (C=O) groups is 4. The molecule has 6 rings (SSSR count). The second-order valence-electron chi connectivity index (χ2n) is 13.5. The summed E-state index contributed by atoms with van der Waals surface area (Å²) in [5.74, 6) is -0.893. The van der Waals surface area contributed by atoms with Gasteiger partial charge in [-0.15, -0.1) is 0 Å². The Bertz CT molecular complexity index is 1500. The predicted octanol–water partition coefficient (Wildman–Crippen LogP) is 3.47. The van der Waals surface area contributed by atoms with E-state index in [9.17, 15) is 19.2 Å². The predicted molar refractivity (Wildman–Crippen MR) is 183 cm³/mol. The molecule has 258 valence electrons.